The summed E-state index contributed by atoms with van der Waals surface area (Å²) in [5.74, 6) is -1.00. The summed E-state index contributed by atoms with van der Waals surface area (Å²) in [6.45, 7) is 3.72. The van der Waals surface area contributed by atoms with Crippen molar-refractivity contribution in [2.45, 2.75) is 20.3 Å². The molecule has 0 aliphatic carbocycles. The zero-order valence-corrected chi connectivity index (χ0v) is 16.7. The second-order valence-electron chi connectivity index (χ2n) is 6.60. The second-order valence-corrected chi connectivity index (χ2v) is 7.52. The van der Waals surface area contributed by atoms with Gasteiger partial charge in [-0.3, -0.25) is 14.4 Å². The topological polar surface area (TPSA) is 78.5 Å². The summed E-state index contributed by atoms with van der Waals surface area (Å²) in [6.07, 6.45) is 0.156. The van der Waals surface area contributed by atoms with Gasteiger partial charge in [-0.25, -0.2) is 0 Å². The van der Waals surface area contributed by atoms with Crippen molar-refractivity contribution in [3.63, 3.8) is 0 Å². The predicted octanol–water partition coefficient (Wildman–Crippen LogP) is 3.71. The Labute approximate surface area is 166 Å². The van der Waals surface area contributed by atoms with Crippen LogP contribution in [0, 0.1) is 12.8 Å². The standard InChI is InChI=1S/C20H20BrN3O3/c1-12-3-6-16(7-4-12)24-11-14(9-19(24)26)20(27)23-18-10-15(21)5-8-17(18)22-13(2)25/h3-8,10,14H,9,11H2,1-2H3,(H,22,25)(H,23,27)/t14-/m0/s1. The Balaban J connectivity index is 1.74. The van der Waals surface area contributed by atoms with Crippen LogP contribution in [0.25, 0.3) is 0 Å². The van der Waals surface area contributed by atoms with E-state index in [9.17, 15) is 14.4 Å². The SMILES string of the molecule is CC(=O)Nc1ccc(Br)cc1NC(=O)[C@H]1CC(=O)N(c2ccc(C)cc2)C1. The predicted molar refractivity (Wildman–Crippen MR) is 109 cm³/mol. The van der Waals surface area contributed by atoms with Gasteiger partial charge in [-0.2, -0.15) is 0 Å². The fourth-order valence-electron chi connectivity index (χ4n) is 3.01. The number of amides is 3. The average molecular weight is 430 g/mol. The van der Waals surface area contributed by atoms with E-state index in [2.05, 4.69) is 26.6 Å². The first-order valence-corrected chi connectivity index (χ1v) is 9.38. The van der Waals surface area contributed by atoms with Crippen molar-refractivity contribution >= 4 is 50.7 Å². The molecular formula is C20H20BrN3O3. The maximum absolute atomic E-state index is 12.7. The molecule has 0 radical (unpaired) electrons. The summed E-state index contributed by atoms with van der Waals surface area (Å²) >= 11 is 3.37. The molecule has 6 nitrogen and oxygen atoms in total. The van der Waals surface area contributed by atoms with Gasteiger partial charge in [0.15, 0.2) is 0 Å². The van der Waals surface area contributed by atoms with E-state index in [0.29, 0.717) is 17.9 Å². The highest BCUT2D eigenvalue weighted by atomic mass is 79.9. The zero-order chi connectivity index (χ0) is 19.6. The van der Waals surface area contributed by atoms with E-state index in [1.165, 1.54) is 6.92 Å². The minimum atomic E-state index is -0.456. The number of nitrogens with zero attached hydrogens (tertiary/aromatic N) is 1. The lowest BCUT2D eigenvalue weighted by atomic mass is 10.1. The van der Waals surface area contributed by atoms with E-state index in [0.717, 1.165) is 15.7 Å². The number of aryl methyl sites for hydroxylation is 1. The lowest BCUT2D eigenvalue weighted by Crippen LogP contribution is -2.28. The van der Waals surface area contributed by atoms with Gasteiger partial charge in [0.05, 0.1) is 17.3 Å². The number of nitrogens with one attached hydrogen (secondary N) is 2. The van der Waals surface area contributed by atoms with E-state index in [1.54, 1.807) is 23.1 Å². The smallest absolute Gasteiger partial charge is 0.229 e. The lowest BCUT2D eigenvalue weighted by Gasteiger charge is -2.17. The molecule has 2 aromatic carbocycles. The first kappa shape index (κ1) is 19.1. The molecule has 7 heteroatoms. The maximum Gasteiger partial charge on any atom is 0.229 e. The molecule has 2 aromatic rings. The summed E-state index contributed by atoms with van der Waals surface area (Å²) in [5.41, 5.74) is 2.91. The highest BCUT2D eigenvalue weighted by molar-refractivity contribution is 9.10. The average Bonchev–Trinajstić information content (AvgIpc) is 3.00. The summed E-state index contributed by atoms with van der Waals surface area (Å²) in [5, 5.41) is 5.53. The van der Waals surface area contributed by atoms with Crippen LogP contribution in [0.1, 0.15) is 18.9 Å². The molecule has 1 aliphatic rings. The Morgan fingerprint density at radius 3 is 2.44 bits per heavy atom. The molecule has 2 N–H and O–H groups in total. The van der Waals surface area contributed by atoms with Crippen LogP contribution in [0.15, 0.2) is 46.9 Å². The second kappa shape index (κ2) is 7.92. The Bertz CT molecular complexity index is 896. The number of benzene rings is 2. The summed E-state index contributed by atoms with van der Waals surface area (Å²) < 4.78 is 0.774. The van der Waals surface area contributed by atoms with Gasteiger partial charge < -0.3 is 15.5 Å². The van der Waals surface area contributed by atoms with Gasteiger partial charge in [-0.1, -0.05) is 33.6 Å². The molecule has 3 rings (SSSR count). The molecule has 0 unspecified atom stereocenters. The largest absolute Gasteiger partial charge is 0.325 e. The number of anilines is 3. The molecule has 140 valence electrons. The quantitative estimate of drug-likeness (QED) is 0.777. The first-order chi connectivity index (χ1) is 12.8. The van der Waals surface area contributed by atoms with E-state index < -0.39 is 5.92 Å². The third-order valence-corrected chi connectivity index (χ3v) is 4.88. The maximum atomic E-state index is 12.7. The molecule has 1 aliphatic heterocycles. The zero-order valence-electron chi connectivity index (χ0n) is 15.1. The minimum absolute atomic E-state index is 0.0738. The van der Waals surface area contributed by atoms with Crippen molar-refractivity contribution in [2.24, 2.45) is 5.92 Å². The van der Waals surface area contributed by atoms with Crippen LogP contribution in [-0.2, 0) is 14.4 Å². The number of carbonyl (C=O) groups is 3. The summed E-state index contributed by atoms with van der Waals surface area (Å²) in [4.78, 5) is 38.1. The fourth-order valence-corrected chi connectivity index (χ4v) is 3.37. The van der Waals surface area contributed by atoms with Crippen molar-refractivity contribution in [1.29, 1.82) is 0 Å². The van der Waals surface area contributed by atoms with Crippen molar-refractivity contribution in [1.82, 2.24) is 0 Å². The molecular weight excluding hydrogens is 410 g/mol. The van der Waals surface area contributed by atoms with Gasteiger partial charge in [0.2, 0.25) is 17.7 Å². The first-order valence-electron chi connectivity index (χ1n) is 8.58. The van der Waals surface area contributed by atoms with Gasteiger partial charge in [0.25, 0.3) is 0 Å². The van der Waals surface area contributed by atoms with E-state index in [1.807, 2.05) is 31.2 Å². The van der Waals surface area contributed by atoms with Crippen LogP contribution >= 0.6 is 15.9 Å². The van der Waals surface area contributed by atoms with Gasteiger partial charge in [-0.15, -0.1) is 0 Å². The Morgan fingerprint density at radius 1 is 1.07 bits per heavy atom. The van der Waals surface area contributed by atoms with Crippen LogP contribution in [0.3, 0.4) is 0 Å². The molecule has 1 heterocycles. The van der Waals surface area contributed by atoms with Crippen molar-refractivity contribution < 1.29 is 14.4 Å². The van der Waals surface area contributed by atoms with Gasteiger partial charge in [-0.05, 0) is 37.3 Å². The van der Waals surface area contributed by atoms with Crippen molar-refractivity contribution in [3.8, 4) is 0 Å². The highest BCUT2D eigenvalue weighted by Gasteiger charge is 2.35. The van der Waals surface area contributed by atoms with Gasteiger partial charge in [0, 0.05) is 30.0 Å². The summed E-state index contributed by atoms with van der Waals surface area (Å²) in [6, 6.07) is 12.9. The molecule has 0 saturated carbocycles. The fraction of sp³-hybridized carbons (Fsp3) is 0.250. The summed E-state index contributed by atoms with van der Waals surface area (Å²) in [7, 11) is 0. The molecule has 0 spiro atoms. The molecule has 27 heavy (non-hydrogen) atoms. The molecule has 0 aromatic heterocycles. The van der Waals surface area contributed by atoms with E-state index in [-0.39, 0.29) is 24.1 Å². The molecule has 1 fully saturated rings. The number of hydrogen-bond acceptors (Lipinski definition) is 3. The lowest BCUT2D eigenvalue weighted by molar-refractivity contribution is -0.122. The normalized spacial score (nSPS) is 16.3. The molecule has 1 saturated heterocycles. The van der Waals surface area contributed by atoms with Crippen molar-refractivity contribution in [3.05, 3.63) is 52.5 Å². The van der Waals surface area contributed by atoms with Crippen LogP contribution in [0.5, 0.6) is 0 Å². The van der Waals surface area contributed by atoms with Crippen LogP contribution < -0.4 is 15.5 Å². The third-order valence-electron chi connectivity index (χ3n) is 4.39. The van der Waals surface area contributed by atoms with E-state index in [4.69, 9.17) is 0 Å². The van der Waals surface area contributed by atoms with Gasteiger partial charge >= 0.3 is 0 Å². The van der Waals surface area contributed by atoms with E-state index >= 15 is 0 Å². The number of hydrogen-bond donors (Lipinski definition) is 2. The minimum Gasteiger partial charge on any atom is -0.325 e. The number of rotatable bonds is 4. The third kappa shape index (κ3) is 4.54. The Hall–Kier alpha value is -2.67. The molecule has 1 atom stereocenters. The van der Waals surface area contributed by atoms with Crippen LogP contribution in [0.2, 0.25) is 0 Å². The van der Waals surface area contributed by atoms with Crippen LogP contribution in [-0.4, -0.2) is 24.3 Å². The van der Waals surface area contributed by atoms with Gasteiger partial charge in [0.1, 0.15) is 0 Å². The highest BCUT2D eigenvalue weighted by Crippen LogP contribution is 2.29. The number of halogens is 1. The van der Waals surface area contributed by atoms with Crippen LogP contribution in [0.4, 0.5) is 17.1 Å². The Kier molecular flexibility index (Phi) is 5.60. The molecule has 0 bridgehead atoms. The van der Waals surface area contributed by atoms with Crippen molar-refractivity contribution in [2.75, 3.05) is 22.1 Å². The monoisotopic (exact) mass is 429 g/mol. The number of carbonyl (C=O) groups excluding carboxylic acids is 3. The molecule has 3 amide bonds. The Morgan fingerprint density at radius 2 is 1.78 bits per heavy atom.